The molecule has 98 valence electrons. The maximum Gasteiger partial charge on any atom is 0.313 e. The molecule has 0 bridgehead atoms. The van der Waals surface area contributed by atoms with Crippen molar-refractivity contribution in [3.05, 3.63) is 35.9 Å². The minimum atomic E-state index is -0.881. The van der Waals surface area contributed by atoms with Crippen molar-refractivity contribution in [2.75, 3.05) is 13.7 Å². The second-order valence-electron chi connectivity index (χ2n) is 3.95. The van der Waals surface area contributed by atoms with E-state index in [2.05, 4.69) is 10.1 Å². The Morgan fingerprint density at radius 2 is 1.94 bits per heavy atom. The summed E-state index contributed by atoms with van der Waals surface area (Å²) in [5.41, 5.74) is 0.506. The number of nitrogens with one attached hydrogen (secondary N) is 1. The lowest BCUT2D eigenvalue weighted by atomic mass is 10.0. The number of aliphatic hydroxyl groups is 1. The molecule has 0 aliphatic heterocycles. The van der Waals surface area contributed by atoms with Gasteiger partial charge in [-0.05, 0) is 19.1 Å². The highest BCUT2D eigenvalue weighted by molar-refractivity contribution is 5.94. The first-order valence-electron chi connectivity index (χ1n) is 5.65. The number of carbonyl (C=O) groups excluding carboxylic acids is 2. The van der Waals surface area contributed by atoms with E-state index in [4.69, 9.17) is 0 Å². The number of aliphatic hydroxyl groups excluding tert-OH is 1. The zero-order chi connectivity index (χ0) is 13.5. The van der Waals surface area contributed by atoms with Gasteiger partial charge in [-0.2, -0.15) is 0 Å². The summed E-state index contributed by atoms with van der Waals surface area (Å²) in [5, 5.41) is 12.0. The maximum absolute atomic E-state index is 11.7. The van der Waals surface area contributed by atoms with Crippen LogP contribution in [0.3, 0.4) is 0 Å². The molecular formula is C13H17NO4. The Kier molecular flexibility index (Phi) is 5.32. The fraction of sp³-hybridized carbons (Fsp3) is 0.385. The summed E-state index contributed by atoms with van der Waals surface area (Å²) in [4.78, 5) is 23.1. The van der Waals surface area contributed by atoms with Crippen LogP contribution in [0.25, 0.3) is 0 Å². The second kappa shape index (κ2) is 6.76. The smallest absolute Gasteiger partial charge is 0.313 e. The lowest BCUT2D eigenvalue weighted by Crippen LogP contribution is -2.39. The number of rotatable bonds is 5. The summed E-state index contributed by atoms with van der Waals surface area (Å²) < 4.78 is 4.56. The van der Waals surface area contributed by atoms with Gasteiger partial charge in [0.2, 0.25) is 0 Å². The maximum atomic E-state index is 11.7. The highest BCUT2D eigenvalue weighted by Crippen LogP contribution is 2.05. The van der Waals surface area contributed by atoms with Gasteiger partial charge in [0.1, 0.15) is 0 Å². The molecule has 1 aromatic rings. The van der Waals surface area contributed by atoms with Crippen molar-refractivity contribution in [2.45, 2.75) is 13.0 Å². The van der Waals surface area contributed by atoms with Crippen LogP contribution in [0.1, 0.15) is 17.3 Å². The third-order valence-electron chi connectivity index (χ3n) is 2.60. The molecule has 0 aromatic heterocycles. The van der Waals surface area contributed by atoms with Crippen LogP contribution in [0.5, 0.6) is 0 Å². The van der Waals surface area contributed by atoms with Gasteiger partial charge in [0.25, 0.3) is 5.91 Å². The third kappa shape index (κ3) is 3.85. The van der Waals surface area contributed by atoms with Gasteiger partial charge in [-0.15, -0.1) is 0 Å². The molecule has 1 aromatic carbocycles. The van der Waals surface area contributed by atoms with Crippen molar-refractivity contribution in [1.29, 1.82) is 0 Å². The average Bonchev–Trinajstić information content (AvgIpc) is 2.39. The highest BCUT2D eigenvalue weighted by Gasteiger charge is 2.25. The molecule has 0 saturated carbocycles. The van der Waals surface area contributed by atoms with Crippen LogP contribution in [-0.2, 0) is 9.53 Å². The molecule has 0 fully saturated rings. The summed E-state index contributed by atoms with van der Waals surface area (Å²) in [7, 11) is 1.25. The van der Waals surface area contributed by atoms with E-state index in [9.17, 15) is 14.7 Å². The van der Waals surface area contributed by atoms with Crippen LogP contribution in [-0.4, -0.2) is 36.7 Å². The fourth-order valence-corrected chi connectivity index (χ4v) is 1.50. The Labute approximate surface area is 106 Å². The van der Waals surface area contributed by atoms with E-state index in [0.29, 0.717) is 5.56 Å². The molecule has 0 spiro atoms. The van der Waals surface area contributed by atoms with E-state index in [-0.39, 0.29) is 12.5 Å². The molecule has 18 heavy (non-hydrogen) atoms. The van der Waals surface area contributed by atoms with E-state index in [1.54, 1.807) is 24.3 Å². The Morgan fingerprint density at radius 3 is 2.44 bits per heavy atom. The lowest BCUT2D eigenvalue weighted by Gasteiger charge is -2.17. The molecule has 0 radical (unpaired) electrons. The minimum Gasteiger partial charge on any atom is -0.469 e. The van der Waals surface area contributed by atoms with Gasteiger partial charge in [0.05, 0.1) is 19.1 Å². The number of ether oxygens (including phenoxy) is 1. The monoisotopic (exact) mass is 251 g/mol. The number of carbonyl (C=O) groups is 2. The predicted molar refractivity (Wildman–Crippen MR) is 66.0 cm³/mol. The summed E-state index contributed by atoms with van der Waals surface area (Å²) in [6.45, 7) is 1.52. The Bertz CT molecular complexity index is 403. The topological polar surface area (TPSA) is 75.6 Å². The zero-order valence-corrected chi connectivity index (χ0v) is 10.4. The average molecular weight is 251 g/mol. The fourth-order valence-electron chi connectivity index (χ4n) is 1.50. The second-order valence-corrected chi connectivity index (χ2v) is 3.95. The first kappa shape index (κ1) is 14.2. The molecule has 1 rings (SSSR count). The number of hydrogen-bond acceptors (Lipinski definition) is 4. The molecular weight excluding hydrogens is 234 g/mol. The van der Waals surface area contributed by atoms with Crippen LogP contribution < -0.4 is 5.32 Å². The van der Waals surface area contributed by atoms with Gasteiger partial charge in [0, 0.05) is 12.1 Å². The largest absolute Gasteiger partial charge is 0.469 e. The van der Waals surface area contributed by atoms with Crippen LogP contribution in [0.4, 0.5) is 0 Å². The molecule has 0 heterocycles. The molecule has 0 aliphatic carbocycles. The van der Waals surface area contributed by atoms with E-state index in [0.717, 1.165) is 0 Å². The summed E-state index contributed by atoms with van der Waals surface area (Å²) in [5.74, 6) is -1.59. The number of amides is 1. The van der Waals surface area contributed by atoms with Crippen molar-refractivity contribution in [1.82, 2.24) is 5.32 Å². The van der Waals surface area contributed by atoms with Gasteiger partial charge in [0.15, 0.2) is 0 Å². The van der Waals surface area contributed by atoms with E-state index in [1.165, 1.54) is 14.0 Å². The van der Waals surface area contributed by atoms with E-state index < -0.39 is 18.0 Å². The van der Waals surface area contributed by atoms with Crippen LogP contribution in [0.2, 0.25) is 0 Å². The van der Waals surface area contributed by atoms with Gasteiger partial charge >= 0.3 is 5.97 Å². The zero-order valence-electron chi connectivity index (χ0n) is 10.4. The van der Waals surface area contributed by atoms with E-state index in [1.807, 2.05) is 6.07 Å². The number of methoxy groups -OCH3 is 1. The molecule has 2 atom stereocenters. The third-order valence-corrected chi connectivity index (χ3v) is 2.60. The van der Waals surface area contributed by atoms with Gasteiger partial charge in [-0.3, -0.25) is 9.59 Å². The Hall–Kier alpha value is -1.88. The van der Waals surface area contributed by atoms with Crippen LogP contribution >= 0.6 is 0 Å². The Balaban J connectivity index is 2.58. The van der Waals surface area contributed by atoms with Gasteiger partial charge in [-0.25, -0.2) is 0 Å². The van der Waals surface area contributed by atoms with Crippen molar-refractivity contribution >= 4 is 11.9 Å². The quantitative estimate of drug-likeness (QED) is 0.751. The van der Waals surface area contributed by atoms with Crippen LogP contribution in [0.15, 0.2) is 30.3 Å². The van der Waals surface area contributed by atoms with Gasteiger partial charge < -0.3 is 15.2 Å². The SMILES string of the molecule is COC(=O)C(CNC(=O)c1ccccc1)[C@H](C)O. The molecule has 0 saturated heterocycles. The highest BCUT2D eigenvalue weighted by atomic mass is 16.5. The lowest BCUT2D eigenvalue weighted by molar-refractivity contribution is -0.148. The van der Waals surface area contributed by atoms with Crippen LogP contribution in [0, 0.1) is 5.92 Å². The molecule has 5 heteroatoms. The number of esters is 1. The van der Waals surface area contributed by atoms with Crippen molar-refractivity contribution in [2.24, 2.45) is 5.92 Å². The molecule has 5 nitrogen and oxygen atoms in total. The summed E-state index contributed by atoms with van der Waals surface area (Å²) in [6.07, 6.45) is -0.881. The van der Waals surface area contributed by atoms with Crippen molar-refractivity contribution in [3.63, 3.8) is 0 Å². The number of benzene rings is 1. The molecule has 0 aliphatic rings. The number of hydrogen-bond donors (Lipinski definition) is 2. The first-order chi connectivity index (χ1) is 8.56. The van der Waals surface area contributed by atoms with E-state index >= 15 is 0 Å². The van der Waals surface area contributed by atoms with Crippen molar-refractivity contribution in [3.8, 4) is 0 Å². The minimum absolute atomic E-state index is 0.0397. The molecule has 1 unspecified atom stereocenters. The predicted octanol–water partition coefficient (Wildman–Crippen LogP) is 0.586. The van der Waals surface area contributed by atoms with Crippen molar-refractivity contribution < 1.29 is 19.4 Å². The molecule has 2 N–H and O–H groups in total. The first-order valence-corrected chi connectivity index (χ1v) is 5.65. The molecule has 1 amide bonds. The van der Waals surface area contributed by atoms with Gasteiger partial charge in [-0.1, -0.05) is 18.2 Å². The summed E-state index contributed by atoms with van der Waals surface area (Å²) in [6, 6.07) is 8.66. The normalized spacial score (nSPS) is 13.5. The Morgan fingerprint density at radius 1 is 1.33 bits per heavy atom. The summed E-state index contributed by atoms with van der Waals surface area (Å²) >= 11 is 0. The standard InChI is InChI=1S/C13H17NO4/c1-9(15)11(13(17)18-2)8-14-12(16)10-6-4-3-5-7-10/h3-7,9,11,15H,8H2,1-2H3,(H,14,16)/t9-,11?/m0/s1.